The molecule has 0 aliphatic heterocycles. The molecule has 7 heteroatoms. The number of ether oxygens (including phenoxy) is 1. The summed E-state index contributed by atoms with van der Waals surface area (Å²) in [4.78, 5) is 31.5. The van der Waals surface area contributed by atoms with Gasteiger partial charge in [0.2, 0.25) is 6.54 Å². The number of rotatable bonds is 7. The first kappa shape index (κ1) is 21.5. The Morgan fingerprint density at radius 3 is 2.29 bits per heavy atom. The summed E-state index contributed by atoms with van der Waals surface area (Å²) in [5, 5.41) is 13.7. The van der Waals surface area contributed by atoms with Gasteiger partial charge in [-0.2, -0.15) is 0 Å². The molecule has 0 aliphatic carbocycles. The number of methoxy groups -OCH3 is 1. The summed E-state index contributed by atoms with van der Waals surface area (Å²) in [6.45, 7) is -0.430. The van der Waals surface area contributed by atoms with Crippen LogP contribution in [0, 0.1) is 10.1 Å². The summed E-state index contributed by atoms with van der Waals surface area (Å²) in [6, 6.07) is 25.0. The van der Waals surface area contributed by atoms with Crippen LogP contribution in [-0.4, -0.2) is 34.5 Å². The van der Waals surface area contributed by atoms with Crippen LogP contribution in [0.1, 0.15) is 23.0 Å². The molecule has 3 aromatic carbocycles. The van der Waals surface area contributed by atoms with Gasteiger partial charge >= 0.3 is 5.97 Å². The van der Waals surface area contributed by atoms with Crippen LogP contribution in [0.5, 0.6) is 0 Å². The number of nitrogens with zero attached hydrogens (tertiary/aromatic N) is 1. The molecule has 34 heavy (non-hydrogen) atoms. The fraction of sp³-hybridized carbons (Fsp3) is 0.148. The van der Waals surface area contributed by atoms with Crippen LogP contribution >= 0.6 is 0 Å². The van der Waals surface area contributed by atoms with Crippen molar-refractivity contribution in [3.8, 4) is 11.3 Å². The minimum Gasteiger partial charge on any atom is -0.469 e. The van der Waals surface area contributed by atoms with Crippen molar-refractivity contribution in [1.29, 1.82) is 0 Å². The quantitative estimate of drug-likeness (QED) is 0.189. The van der Waals surface area contributed by atoms with Gasteiger partial charge in [0, 0.05) is 32.9 Å². The molecule has 0 radical (unpaired) electrons. The lowest BCUT2D eigenvalue weighted by atomic mass is 9.79. The number of hydrogen-bond donors (Lipinski definition) is 2. The van der Waals surface area contributed by atoms with Gasteiger partial charge in [0.15, 0.2) is 0 Å². The average Bonchev–Trinajstić information content (AvgIpc) is 3.46. The number of para-hydroxylation sites is 2. The number of aromatic amines is 2. The lowest BCUT2D eigenvalue weighted by molar-refractivity contribution is -0.483. The summed E-state index contributed by atoms with van der Waals surface area (Å²) in [7, 11) is 1.32. The highest BCUT2D eigenvalue weighted by atomic mass is 16.6. The van der Waals surface area contributed by atoms with Crippen molar-refractivity contribution in [2.75, 3.05) is 13.7 Å². The van der Waals surface area contributed by atoms with Gasteiger partial charge in [-0.15, -0.1) is 0 Å². The van der Waals surface area contributed by atoms with Crippen molar-refractivity contribution >= 4 is 27.8 Å². The van der Waals surface area contributed by atoms with Gasteiger partial charge in [0.1, 0.15) is 0 Å². The third kappa shape index (κ3) is 3.71. The fourth-order valence-corrected chi connectivity index (χ4v) is 4.89. The highest BCUT2D eigenvalue weighted by Gasteiger charge is 2.40. The van der Waals surface area contributed by atoms with Crippen LogP contribution in [0.2, 0.25) is 0 Å². The first-order valence-electron chi connectivity index (χ1n) is 11.0. The van der Waals surface area contributed by atoms with Crippen LogP contribution in [0.25, 0.3) is 33.1 Å². The average molecular weight is 453 g/mol. The van der Waals surface area contributed by atoms with Gasteiger partial charge in [-0.3, -0.25) is 14.9 Å². The Bertz CT molecular complexity index is 1490. The number of aromatic nitrogens is 2. The second-order valence-electron chi connectivity index (χ2n) is 8.24. The largest absolute Gasteiger partial charge is 0.469 e. The number of benzene rings is 3. The van der Waals surface area contributed by atoms with E-state index in [4.69, 9.17) is 4.74 Å². The summed E-state index contributed by atoms with van der Waals surface area (Å²) < 4.78 is 5.22. The number of nitrogens with one attached hydrogen (secondary N) is 2. The molecular formula is C27H23N3O4. The predicted molar refractivity (Wildman–Crippen MR) is 131 cm³/mol. The summed E-state index contributed by atoms with van der Waals surface area (Å²) in [5.41, 5.74) is 4.78. The molecule has 0 saturated heterocycles. The maximum atomic E-state index is 13.3. The van der Waals surface area contributed by atoms with E-state index in [-0.39, 0.29) is 4.92 Å². The van der Waals surface area contributed by atoms with Crippen molar-refractivity contribution in [1.82, 2.24) is 9.97 Å². The number of hydrogen-bond acceptors (Lipinski definition) is 4. The predicted octanol–water partition coefficient (Wildman–Crippen LogP) is 5.63. The third-order valence-corrected chi connectivity index (χ3v) is 6.34. The van der Waals surface area contributed by atoms with E-state index >= 15 is 0 Å². The van der Waals surface area contributed by atoms with Gasteiger partial charge < -0.3 is 14.7 Å². The molecule has 0 aliphatic rings. The molecule has 0 fully saturated rings. The molecule has 2 aromatic heterocycles. The second-order valence-corrected chi connectivity index (χ2v) is 8.24. The molecular weight excluding hydrogens is 430 g/mol. The molecule has 0 bridgehead atoms. The lowest BCUT2D eigenvalue weighted by Gasteiger charge is -2.23. The van der Waals surface area contributed by atoms with Crippen molar-refractivity contribution in [3.63, 3.8) is 0 Å². The Morgan fingerprint density at radius 2 is 1.59 bits per heavy atom. The van der Waals surface area contributed by atoms with E-state index in [2.05, 4.69) is 9.97 Å². The second kappa shape index (κ2) is 8.86. The molecule has 7 nitrogen and oxygen atoms in total. The first-order chi connectivity index (χ1) is 16.6. The van der Waals surface area contributed by atoms with Gasteiger partial charge in [0.05, 0.1) is 24.6 Å². The minimum atomic E-state index is -0.881. The van der Waals surface area contributed by atoms with Gasteiger partial charge in [-0.05, 0) is 28.8 Å². The monoisotopic (exact) mass is 453 g/mol. The highest BCUT2D eigenvalue weighted by Crippen LogP contribution is 2.44. The van der Waals surface area contributed by atoms with E-state index in [0.717, 1.165) is 38.6 Å². The van der Waals surface area contributed by atoms with E-state index in [0.29, 0.717) is 5.56 Å². The van der Waals surface area contributed by atoms with E-state index < -0.39 is 24.3 Å². The van der Waals surface area contributed by atoms with Crippen LogP contribution in [0.4, 0.5) is 0 Å². The molecule has 2 N–H and O–H groups in total. The van der Waals surface area contributed by atoms with Crippen molar-refractivity contribution < 1.29 is 14.5 Å². The Balaban J connectivity index is 1.80. The summed E-state index contributed by atoms with van der Waals surface area (Å²) in [6.07, 6.45) is 1.76. The molecule has 5 rings (SSSR count). The number of esters is 1. The van der Waals surface area contributed by atoms with E-state index in [9.17, 15) is 14.9 Å². The normalized spacial score (nSPS) is 13.1. The standard InChI is InChI=1S/C27H23N3O4/c1-34-27(31)25(20-15-28-22-13-7-5-11-18(20)22)21(16-30(32)33)24-19-12-6-8-14-23(19)29-26(24)17-9-3-2-4-10-17/h2-15,21,25,28-29H,16H2,1H3. The molecule has 2 unspecified atom stereocenters. The highest BCUT2D eigenvalue weighted by molar-refractivity contribution is 5.95. The fourth-order valence-electron chi connectivity index (χ4n) is 4.89. The first-order valence-corrected chi connectivity index (χ1v) is 11.0. The lowest BCUT2D eigenvalue weighted by Crippen LogP contribution is -2.27. The topological polar surface area (TPSA) is 101 Å². The number of carbonyl (C=O) groups is 1. The Morgan fingerprint density at radius 1 is 0.941 bits per heavy atom. The molecule has 0 saturated carbocycles. The van der Waals surface area contributed by atoms with E-state index in [1.165, 1.54) is 7.11 Å². The zero-order chi connectivity index (χ0) is 23.7. The zero-order valence-corrected chi connectivity index (χ0v) is 18.5. The van der Waals surface area contributed by atoms with Gasteiger partial charge in [-0.1, -0.05) is 66.7 Å². The van der Waals surface area contributed by atoms with E-state index in [1.807, 2.05) is 78.9 Å². The summed E-state index contributed by atoms with van der Waals surface area (Å²) in [5.74, 6) is -2.16. The Kier molecular flexibility index (Phi) is 5.59. The third-order valence-electron chi connectivity index (χ3n) is 6.34. The maximum absolute atomic E-state index is 13.3. The van der Waals surface area contributed by atoms with Gasteiger partial charge in [-0.25, -0.2) is 0 Å². The van der Waals surface area contributed by atoms with Crippen molar-refractivity contribution in [2.24, 2.45) is 0 Å². The van der Waals surface area contributed by atoms with Crippen LogP contribution in [-0.2, 0) is 9.53 Å². The molecule has 0 spiro atoms. The van der Waals surface area contributed by atoms with Crippen LogP contribution < -0.4 is 0 Å². The molecule has 170 valence electrons. The SMILES string of the molecule is COC(=O)C(c1c[nH]c2ccccc12)C(C[N+](=O)[O-])c1c(-c2ccccc2)[nH]c2ccccc12. The number of nitro groups is 1. The Labute approximate surface area is 195 Å². The van der Waals surface area contributed by atoms with Crippen molar-refractivity contribution in [2.45, 2.75) is 11.8 Å². The summed E-state index contributed by atoms with van der Waals surface area (Å²) >= 11 is 0. The maximum Gasteiger partial charge on any atom is 0.314 e. The van der Waals surface area contributed by atoms with Gasteiger partial charge in [0.25, 0.3) is 0 Å². The zero-order valence-electron chi connectivity index (χ0n) is 18.5. The molecule has 2 heterocycles. The van der Waals surface area contributed by atoms with Crippen LogP contribution in [0.3, 0.4) is 0 Å². The number of carbonyl (C=O) groups excluding carboxylic acids is 1. The Hall–Kier alpha value is -4.39. The van der Waals surface area contributed by atoms with Crippen LogP contribution in [0.15, 0.2) is 85.1 Å². The van der Waals surface area contributed by atoms with Crippen molar-refractivity contribution in [3.05, 3.63) is 106 Å². The smallest absolute Gasteiger partial charge is 0.314 e. The number of fused-ring (bicyclic) bond motifs is 2. The minimum absolute atomic E-state index is 0.355. The van der Waals surface area contributed by atoms with E-state index in [1.54, 1.807) is 6.20 Å². The molecule has 0 amide bonds. The number of H-pyrrole nitrogens is 2. The molecule has 5 aromatic rings. The molecule has 2 atom stereocenters.